The van der Waals surface area contributed by atoms with Gasteiger partial charge in [0.25, 0.3) is 0 Å². The van der Waals surface area contributed by atoms with Crippen molar-refractivity contribution < 1.29 is 9.59 Å². The Bertz CT molecular complexity index is 781. The second-order valence-corrected chi connectivity index (χ2v) is 6.68. The van der Waals surface area contributed by atoms with Crippen molar-refractivity contribution in [3.63, 3.8) is 0 Å². The molecule has 0 bridgehead atoms. The van der Waals surface area contributed by atoms with E-state index in [0.29, 0.717) is 31.8 Å². The molecule has 1 atom stereocenters. The van der Waals surface area contributed by atoms with Gasteiger partial charge in [-0.1, -0.05) is 13.8 Å². The summed E-state index contributed by atoms with van der Waals surface area (Å²) < 4.78 is 1.63. The zero-order chi connectivity index (χ0) is 18.7. The minimum atomic E-state index is -0.599. The van der Waals surface area contributed by atoms with Crippen LogP contribution in [0.4, 0.5) is 5.82 Å². The van der Waals surface area contributed by atoms with Gasteiger partial charge in [0.2, 0.25) is 11.8 Å². The van der Waals surface area contributed by atoms with E-state index < -0.39 is 6.04 Å². The summed E-state index contributed by atoms with van der Waals surface area (Å²) in [4.78, 5) is 28.0. The first kappa shape index (κ1) is 18.1. The molecule has 3 rings (SSSR count). The van der Waals surface area contributed by atoms with Gasteiger partial charge in [0, 0.05) is 26.2 Å². The second kappa shape index (κ2) is 7.65. The number of carbonyl (C=O) groups excluding carboxylic acids is 2. The molecule has 0 spiro atoms. The fraction of sp³-hybridized carbons (Fsp3) is 0.562. The molecule has 1 aliphatic rings. The van der Waals surface area contributed by atoms with Crippen molar-refractivity contribution in [3.05, 3.63) is 18.5 Å². The van der Waals surface area contributed by atoms with Gasteiger partial charge in [0.1, 0.15) is 12.1 Å². The molecule has 0 aromatic carbocycles. The summed E-state index contributed by atoms with van der Waals surface area (Å²) in [6.45, 7) is 6.22. The van der Waals surface area contributed by atoms with Gasteiger partial charge in [-0.25, -0.2) is 0 Å². The minimum Gasteiger partial charge on any atom is -0.352 e. The number of nitrogens with zero attached hydrogens (tertiary/aromatic N) is 6. The maximum absolute atomic E-state index is 12.3. The fourth-order valence-electron chi connectivity index (χ4n) is 2.77. The van der Waals surface area contributed by atoms with E-state index in [1.54, 1.807) is 15.7 Å². The number of anilines is 1. The van der Waals surface area contributed by atoms with E-state index in [1.807, 2.05) is 26.0 Å². The topological polar surface area (TPSA) is 122 Å². The van der Waals surface area contributed by atoms with Crippen molar-refractivity contribution in [2.75, 3.05) is 37.6 Å². The highest BCUT2D eigenvalue weighted by Crippen LogP contribution is 2.14. The van der Waals surface area contributed by atoms with Crippen LogP contribution in [-0.2, 0) is 9.59 Å². The summed E-state index contributed by atoms with van der Waals surface area (Å²) in [7, 11) is 0. The third-order valence-electron chi connectivity index (χ3n) is 4.54. The summed E-state index contributed by atoms with van der Waals surface area (Å²) in [5.41, 5.74) is 6.47. The summed E-state index contributed by atoms with van der Waals surface area (Å²) in [6.07, 6.45) is 1.56. The number of piperazine rings is 1. The van der Waals surface area contributed by atoms with Crippen LogP contribution in [0.1, 0.15) is 13.8 Å². The third-order valence-corrected chi connectivity index (χ3v) is 4.54. The van der Waals surface area contributed by atoms with Gasteiger partial charge >= 0.3 is 0 Å². The highest BCUT2D eigenvalue weighted by atomic mass is 16.2. The molecule has 3 heterocycles. The lowest BCUT2D eigenvalue weighted by atomic mass is 10.1. The van der Waals surface area contributed by atoms with Gasteiger partial charge in [0.15, 0.2) is 5.65 Å². The van der Waals surface area contributed by atoms with Crippen molar-refractivity contribution in [1.29, 1.82) is 0 Å². The largest absolute Gasteiger partial charge is 0.352 e. The standard InChI is InChI=1S/C16H24N8O2/c1-11(2)15(17)16(26)18-9-14(25)23-7-5-22(6-8-23)13-4-3-12-20-19-10-24(12)21-13/h3-4,10-11,15H,5-9,17H2,1-2H3,(H,18,26)/t15-/m0/s1. The van der Waals surface area contributed by atoms with Crippen LogP contribution in [-0.4, -0.2) is 75.3 Å². The van der Waals surface area contributed by atoms with Gasteiger partial charge in [-0.15, -0.1) is 15.3 Å². The van der Waals surface area contributed by atoms with Crippen LogP contribution in [0, 0.1) is 5.92 Å². The molecule has 26 heavy (non-hydrogen) atoms. The van der Waals surface area contributed by atoms with Crippen LogP contribution >= 0.6 is 0 Å². The third kappa shape index (κ3) is 3.90. The van der Waals surface area contributed by atoms with E-state index in [4.69, 9.17) is 5.73 Å². The molecule has 1 fully saturated rings. The lowest BCUT2D eigenvalue weighted by Gasteiger charge is -2.35. The molecular weight excluding hydrogens is 336 g/mol. The number of hydrogen-bond donors (Lipinski definition) is 2. The zero-order valence-electron chi connectivity index (χ0n) is 15.0. The van der Waals surface area contributed by atoms with Gasteiger partial charge in [-0.2, -0.15) is 4.52 Å². The van der Waals surface area contributed by atoms with Gasteiger partial charge in [-0.3, -0.25) is 9.59 Å². The second-order valence-electron chi connectivity index (χ2n) is 6.68. The van der Waals surface area contributed by atoms with Gasteiger partial charge < -0.3 is 20.9 Å². The predicted molar refractivity (Wildman–Crippen MR) is 95.4 cm³/mol. The summed E-state index contributed by atoms with van der Waals surface area (Å²) in [5.74, 6) is 0.458. The highest BCUT2D eigenvalue weighted by Gasteiger charge is 2.24. The molecule has 2 aromatic rings. The van der Waals surface area contributed by atoms with Crippen molar-refractivity contribution >= 4 is 23.3 Å². The van der Waals surface area contributed by atoms with Gasteiger partial charge in [-0.05, 0) is 18.1 Å². The van der Waals surface area contributed by atoms with E-state index in [1.165, 1.54) is 0 Å². The minimum absolute atomic E-state index is 0.0236. The number of rotatable bonds is 5. The van der Waals surface area contributed by atoms with E-state index in [-0.39, 0.29) is 24.3 Å². The Balaban J connectivity index is 1.50. The fourth-order valence-corrected chi connectivity index (χ4v) is 2.77. The lowest BCUT2D eigenvalue weighted by molar-refractivity contribution is -0.133. The average Bonchev–Trinajstić information content (AvgIpc) is 3.13. The number of nitrogens with one attached hydrogen (secondary N) is 1. The molecule has 10 heteroatoms. The highest BCUT2D eigenvalue weighted by molar-refractivity contribution is 5.87. The van der Waals surface area contributed by atoms with Crippen LogP contribution in [0.2, 0.25) is 0 Å². The number of amides is 2. The Morgan fingerprint density at radius 2 is 1.96 bits per heavy atom. The maximum atomic E-state index is 12.3. The predicted octanol–water partition coefficient (Wildman–Crippen LogP) is -1.13. The normalized spacial score (nSPS) is 16.2. The smallest absolute Gasteiger partial charge is 0.242 e. The number of fused-ring (bicyclic) bond motifs is 1. The van der Waals surface area contributed by atoms with E-state index >= 15 is 0 Å². The summed E-state index contributed by atoms with van der Waals surface area (Å²) in [5, 5.41) is 14.8. The molecule has 1 aliphatic heterocycles. The van der Waals surface area contributed by atoms with E-state index in [9.17, 15) is 9.59 Å². The molecular formula is C16H24N8O2. The number of nitrogens with two attached hydrogens (primary N) is 1. The molecule has 3 N–H and O–H groups in total. The first-order chi connectivity index (χ1) is 12.5. The van der Waals surface area contributed by atoms with Crippen molar-refractivity contribution in [1.82, 2.24) is 30.0 Å². The monoisotopic (exact) mass is 360 g/mol. The summed E-state index contributed by atoms with van der Waals surface area (Å²) in [6, 6.07) is 3.16. The van der Waals surface area contributed by atoms with Crippen LogP contribution in [0.25, 0.3) is 5.65 Å². The number of aromatic nitrogens is 4. The van der Waals surface area contributed by atoms with E-state index in [0.717, 1.165) is 5.82 Å². The SMILES string of the molecule is CC(C)[C@H](N)C(=O)NCC(=O)N1CCN(c2ccc3nncn3n2)CC1. The zero-order valence-corrected chi connectivity index (χ0v) is 15.0. The molecule has 0 saturated carbocycles. The van der Waals surface area contributed by atoms with Crippen molar-refractivity contribution in [2.24, 2.45) is 11.7 Å². The molecule has 2 amide bonds. The van der Waals surface area contributed by atoms with Crippen LogP contribution < -0.4 is 16.0 Å². The molecule has 0 unspecified atom stereocenters. The van der Waals surface area contributed by atoms with Crippen LogP contribution in [0.5, 0.6) is 0 Å². The first-order valence-corrected chi connectivity index (χ1v) is 8.69. The Hall–Kier alpha value is -2.75. The Kier molecular flexibility index (Phi) is 5.31. The van der Waals surface area contributed by atoms with Gasteiger partial charge in [0.05, 0.1) is 12.6 Å². The van der Waals surface area contributed by atoms with Crippen LogP contribution in [0.15, 0.2) is 18.5 Å². The molecule has 2 aromatic heterocycles. The first-order valence-electron chi connectivity index (χ1n) is 8.69. The summed E-state index contributed by atoms with van der Waals surface area (Å²) >= 11 is 0. The Labute approximate surface area is 151 Å². The average molecular weight is 360 g/mol. The number of carbonyl (C=O) groups is 2. The molecule has 1 saturated heterocycles. The quantitative estimate of drug-likeness (QED) is 0.692. The van der Waals surface area contributed by atoms with Crippen molar-refractivity contribution in [2.45, 2.75) is 19.9 Å². The van der Waals surface area contributed by atoms with Crippen molar-refractivity contribution in [3.8, 4) is 0 Å². The molecule has 0 aliphatic carbocycles. The molecule has 0 radical (unpaired) electrons. The van der Waals surface area contributed by atoms with Crippen LogP contribution in [0.3, 0.4) is 0 Å². The Morgan fingerprint density at radius 1 is 1.23 bits per heavy atom. The Morgan fingerprint density at radius 3 is 2.65 bits per heavy atom. The maximum Gasteiger partial charge on any atom is 0.242 e. The molecule has 10 nitrogen and oxygen atoms in total. The van der Waals surface area contributed by atoms with E-state index in [2.05, 4.69) is 25.5 Å². The number of hydrogen-bond acceptors (Lipinski definition) is 7. The lowest BCUT2D eigenvalue weighted by Crippen LogP contribution is -2.53. The molecule has 140 valence electrons.